The summed E-state index contributed by atoms with van der Waals surface area (Å²) in [5.41, 5.74) is 0.783. The van der Waals surface area contributed by atoms with Crippen molar-refractivity contribution in [2.45, 2.75) is 19.5 Å². The molecule has 3 nitrogen and oxygen atoms in total. The third-order valence-electron chi connectivity index (χ3n) is 4.37. The van der Waals surface area contributed by atoms with E-state index in [4.69, 9.17) is 0 Å². The van der Waals surface area contributed by atoms with Gasteiger partial charge in [0.15, 0.2) is 0 Å². The first kappa shape index (κ1) is 17.3. The first-order chi connectivity index (χ1) is 11.8. The molecular weight excluding hydrogens is 329 g/mol. The summed E-state index contributed by atoms with van der Waals surface area (Å²) in [6, 6.07) is 11.8. The number of halogens is 3. The van der Waals surface area contributed by atoms with Crippen molar-refractivity contribution in [2.75, 3.05) is 23.3 Å². The van der Waals surface area contributed by atoms with Crippen LogP contribution >= 0.6 is 0 Å². The van der Waals surface area contributed by atoms with Gasteiger partial charge in [0.05, 0.1) is 5.56 Å². The van der Waals surface area contributed by atoms with Crippen LogP contribution in [0.25, 0.3) is 0 Å². The standard InChI is InChI=1S/C19H19F3N2O/c1-13-9-10-24(12-13)17-7-5-16(6-8-17)23-18(25)14-3-2-4-15(11-14)19(20,21)22/h2-8,11,13H,9-10,12H2,1H3,(H,23,25). The largest absolute Gasteiger partial charge is 0.416 e. The summed E-state index contributed by atoms with van der Waals surface area (Å²) in [5.74, 6) is 0.105. The Morgan fingerprint density at radius 3 is 2.48 bits per heavy atom. The van der Waals surface area contributed by atoms with E-state index in [0.717, 1.165) is 37.3 Å². The van der Waals surface area contributed by atoms with Crippen molar-refractivity contribution in [3.63, 3.8) is 0 Å². The number of anilines is 2. The Morgan fingerprint density at radius 2 is 1.88 bits per heavy atom. The van der Waals surface area contributed by atoms with E-state index < -0.39 is 17.6 Å². The van der Waals surface area contributed by atoms with Crippen LogP contribution in [-0.2, 0) is 6.18 Å². The average molecular weight is 348 g/mol. The molecule has 1 fully saturated rings. The minimum atomic E-state index is -4.47. The van der Waals surface area contributed by atoms with Gasteiger partial charge in [-0.05, 0) is 54.8 Å². The smallest absolute Gasteiger partial charge is 0.371 e. The predicted octanol–water partition coefficient (Wildman–Crippen LogP) is 4.80. The molecule has 0 aliphatic carbocycles. The van der Waals surface area contributed by atoms with Crippen LogP contribution < -0.4 is 10.2 Å². The Kier molecular flexibility index (Phi) is 4.70. The number of hydrogen-bond acceptors (Lipinski definition) is 2. The lowest BCUT2D eigenvalue weighted by atomic mass is 10.1. The zero-order valence-corrected chi connectivity index (χ0v) is 13.8. The molecule has 1 saturated heterocycles. The van der Waals surface area contributed by atoms with E-state index in [1.807, 2.05) is 12.1 Å². The minimum absolute atomic E-state index is 0.0210. The summed E-state index contributed by atoms with van der Waals surface area (Å²) in [4.78, 5) is 14.5. The van der Waals surface area contributed by atoms with Gasteiger partial charge in [0.2, 0.25) is 0 Å². The molecule has 132 valence electrons. The summed E-state index contributed by atoms with van der Waals surface area (Å²) in [6.45, 7) is 4.23. The van der Waals surface area contributed by atoms with Gasteiger partial charge in [-0.15, -0.1) is 0 Å². The number of rotatable bonds is 3. The molecule has 0 saturated carbocycles. The fourth-order valence-corrected chi connectivity index (χ4v) is 2.97. The highest BCUT2D eigenvalue weighted by atomic mass is 19.4. The Bertz CT molecular complexity index is 756. The third-order valence-corrected chi connectivity index (χ3v) is 4.37. The predicted molar refractivity (Wildman–Crippen MR) is 91.8 cm³/mol. The van der Waals surface area contributed by atoms with Crippen LogP contribution in [0.3, 0.4) is 0 Å². The second-order valence-corrected chi connectivity index (χ2v) is 6.42. The molecule has 0 bridgehead atoms. The number of nitrogens with one attached hydrogen (secondary N) is 1. The molecule has 1 unspecified atom stereocenters. The van der Waals surface area contributed by atoms with E-state index in [1.165, 1.54) is 12.1 Å². The second kappa shape index (κ2) is 6.78. The summed E-state index contributed by atoms with van der Waals surface area (Å²) >= 11 is 0. The molecule has 0 spiro atoms. The number of carbonyl (C=O) groups excluding carboxylic acids is 1. The molecule has 6 heteroatoms. The lowest BCUT2D eigenvalue weighted by molar-refractivity contribution is -0.137. The van der Waals surface area contributed by atoms with Gasteiger partial charge in [-0.1, -0.05) is 13.0 Å². The van der Waals surface area contributed by atoms with E-state index >= 15 is 0 Å². The summed E-state index contributed by atoms with van der Waals surface area (Å²) in [7, 11) is 0. The number of hydrogen-bond donors (Lipinski definition) is 1. The van der Waals surface area contributed by atoms with Crippen molar-refractivity contribution in [3.8, 4) is 0 Å². The average Bonchev–Trinajstić information content (AvgIpc) is 3.01. The number of nitrogens with zero attached hydrogens (tertiary/aromatic N) is 1. The van der Waals surface area contributed by atoms with E-state index in [-0.39, 0.29) is 5.56 Å². The fourth-order valence-electron chi connectivity index (χ4n) is 2.97. The van der Waals surface area contributed by atoms with Crippen molar-refractivity contribution in [1.29, 1.82) is 0 Å². The molecule has 3 rings (SSSR count). The van der Waals surface area contributed by atoms with Gasteiger partial charge in [0.1, 0.15) is 0 Å². The summed E-state index contributed by atoms with van der Waals surface area (Å²) in [5, 5.41) is 2.64. The molecule has 1 aliphatic rings. The minimum Gasteiger partial charge on any atom is -0.371 e. The molecular formula is C19H19F3N2O. The lowest BCUT2D eigenvalue weighted by Gasteiger charge is -2.18. The molecule has 1 heterocycles. The van der Waals surface area contributed by atoms with Crippen molar-refractivity contribution < 1.29 is 18.0 Å². The van der Waals surface area contributed by atoms with Gasteiger partial charge in [-0.25, -0.2) is 0 Å². The van der Waals surface area contributed by atoms with Crippen LogP contribution in [0.4, 0.5) is 24.5 Å². The van der Waals surface area contributed by atoms with Crippen molar-refractivity contribution >= 4 is 17.3 Å². The van der Waals surface area contributed by atoms with Crippen molar-refractivity contribution in [1.82, 2.24) is 0 Å². The summed E-state index contributed by atoms with van der Waals surface area (Å²) in [6.07, 6.45) is -3.31. The molecule has 1 N–H and O–H groups in total. The van der Waals surface area contributed by atoms with Crippen LogP contribution in [-0.4, -0.2) is 19.0 Å². The van der Waals surface area contributed by atoms with E-state index in [2.05, 4.69) is 17.1 Å². The van der Waals surface area contributed by atoms with Crippen LogP contribution in [0.15, 0.2) is 48.5 Å². The first-order valence-electron chi connectivity index (χ1n) is 8.16. The van der Waals surface area contributed by atoms with Gasteiger partial charge in [0, 0.05) is 30.0 Å². The lowest BCUT2D eigenvalue weighted by Crippen LogP contribution is -2.19. The molecule has 0 aromatic heterocycles. The number of benzene rings is 2. The molecule has 0 radical (unpaired) electrons. The molecule has 1 atom stereocenters. The van der Waals surface area contributed by atoms with Crippen LogP contribution in [0.1, 0.15) is 29.3 Å². The fraction of sp³-hybridized carbons (Fsp3) is 0.316. The molecule has 1 aliphatic heterocycles. The SMILES string of the molecule is CC1CCN(c2ccc(NC(=O)c3cccc(C(F)(F)F)c3)cc2)C1. The van der Waals surface area contributed by atoms with Crippen molar-refractivity contribution in [2.24, 2.45) is 5.92 Å². The van der Waals surface area contributed by atoms with Gasteiger partial charge in [0.25, 0.3) is 5.91 Å². The molecule has 2 aromatic carbocycles. The summed E-state index contributed by atoms with van der Waals surface area (Å²) < 4.78 is 38.2. The van der Waals surface area contributed by atoms with E-state index in [9.17, 15) is 18.0 Å². The van der Waals surface area contributed by atoms with Gasteiger partial charge >= 0.3 is 6.18 Å². The molecule has 2 aromatic rings. The molecule has 1 amide bonds. The zero-order chi connectivity index (χ0) is 18.0. The topological polar surface area (TPSA) is 32.3 Å². The Balaban J connectivity index is 1.69. The third kappa shape index (κ3) is 4.13. The highest BCUT2D eigenvalue weighted by Gasteiger charge is 2.30. The number of amides is 1. The van der Waals surface area contributed by atoms with Crippen LogP contribution in [0.5, 0.6) is 0 Å². The van der Waals surface area contributed by atoms with Gasteiger partial charge < -0.3 is 10.2 Å². The highest BCUT2D eigenvalue weighted by molar-refractivity contribution is 6.04. The quantitative estimate of drug-likeness (QED) is 0.864. The van der Waals surface area contributed by atoms with Gasteiger partial charge in [-0.3, -0.25) is 4.79 Å². The maximum Gasteiger partial charge on any atom is 0.416 e. The number of carbonyl (C=O) groups is 1. The highest BCUT2D eigenvalue weighted by Crippen LogP contribution is 2.30. The number of alkyl halides is 3. The van der Waals surface area contributed by atoms with Crippen molar-refractivity contribution in [3.05, 3.63) is 59.7 Å². The maximum atomic E-state index is 12.7. The Morgan fingerprint density at radius 1 is 1.16 bits per heavy atom. The maximum absolute atomic E-state index is 12.7. The normalized spacial score (nSPS) is 17.6. The zero-order valence-electron chi connectivity index (χ0n) is 13.8. The van der Waals surface area contributed by atoms with Crippen LogP contribution in [0.2, 0.25) is 0 Å². The Hall–Kier alpha value is -2.50. The van der Waals surface area contributed by atoms with E-state index in [0.29, 0.717) is 11.6 Å². The first-order valence-corrected chi connectivity index (χ1v) is 8.16. The Labute approximate surface area is 144 Å². The second-order valence-electron chi connectivity index (χ2n) is 6.42. The van der Waals surface area contributed by atoms with Crippen LogP contribution in [0, 0.1) is 5.92 Å². The van der Waals surface area contributed by atoms with Gasteiger partial charge in [-0.2, -0.15) is 13.2 Å². The monoisotopic (exact) mass is 348 g/mol. The van der Waals surface area contributed by atoms with E-state index in [1.54, 1.807) is 12.1 Å². The molecule has 25 heavy (non-hydrogen) atoms.